The van der Waals surface area contributed by atoms with Gasteiger partial charge in [0.1, 0.15) is 11.1 Å². The lowest BCUT2D eigenvalue weighted by molar-refractivity contribution is -0.145. The van der Waals surface area contributed by atoms with E-state index in [1.807, 2.05) is 60.7 Å². The summed E-state index contributed by atoms with van der Waals surface area (Å²) in [6.07, 6.45) is -16.7. The zero-order chi connectivity index (χ0) is 57.8. The molecule has 4 heterocycles. The minimum absolute atomic E-state index is 0.0728. The molecule has 2 unspecified atom stereocenters. The maximum Gasteiger partial charge on any atom is 0.416 e. The van der Waals surface area contributed by atoms with Crippen LogP contribution in [0.5, 0.6) is 0 Å². The first kappa shape index (κ1) is 58.8. The van der Waals surface area contributed by atoms with Crippen LogP contribution in [0.2, 0.25) is 0 Å². The maximum absolute atomic E-state index is 13.4. The summed E-state index contributed by atoms with van der Waals surface area (Å²) < 4.78 is 173. The Hall–Kier alpha value is -5.84. The van der Waals surface area contributed by atoms with Gasteiger partial charge in [-0.15, -0.1) is 0 Å². The summed E-state index contributed by atoms with van der Waals surface area (Å²) in [6.45, 7) is 4.11. The normalized spacial score (nSPS) is 26.5. The van der Waals surface area contributed by atoms with Crippen LogP contribution >= 0.6 is 0 Å². The highest BCUT2D eigenvalue weighted by Gasteiger charge is 2.59. The van der Waals surface area contributed by atoms with Gasteiger partial charge in [-0.05, 0) is 136 Å². The fourth-order valence-electron chi connectivity index (χ4n) is 11.6. The first-order valence-corrected chi connectivity index (χ1v) is 26.6. The fraction of sp³-hybridized carbons (Fsp3) is 0.517. The van der Waals surface area contributed by atoms with E-state index in [1.54, 1.807) is 9.80 Å². The summed E-state index contributed by atoms with van der Waals surface area (Å²) in [5, 5.41) is 6.87. The Morgan fingerprint density at radius 3 is 1.06 bits per heavy atom. The number of alkyl halides is 12. The molecular weight excluding hydrogens is 1080 g/mol. The van der Waals surface area contributed by atoms with Crippen LogP contribution in [0, 0.1) is 11.8 Å². The molecule has 2 aliphatic carbocycles. The number of benzene rings is 4. The largest absolute Gasteiger partial charge is 0.416 e. The van der Waals surface area contributed by atoms with Crippen molar-refractivity contribution < 1.29 is 81.3 Å². The van der Waals surface area contributed by atoms with E-state index in [0.717, 1.165) is 36.8 Å². The number of amides is 2. The van der Waals surface area contributed by atoms with Crippen molar-refractivity contribution in [3.05, 3.63) is 142 Å². The summed E-state index contributed by atoms with van der Waals surface area (Å²) in [7, 11) is 0. The van der Waals surface area contributed by atoms with Crippen LogP contribution in [-0.4, -0.2) is 83.7 Å². The molecule has 0 aromatic heterocycles. The summed E-state index contributed by atoms with van der Waals surface area (Å²) in [5.74, 6) is 0.161. The van der Waals surface area contributed by atoms with Gasteiger partial charge in [-0.1, -0.05) is 60.7 Å². The van der Waals surface area contributed by atoms with E-state index in [-0.39, 0.29) is 85.8 Å². The smallest absolute Gasteiger partial charge is 0.372 e. The fourth-order valence-corrected chi connectivity index (χ4v) is 11.6. The number of Topliss-reactive ketones (excluding diaryl/α,β-unsaturated/α-hetero) is 2. The second kappa shape index (κ2) is 21.8. The molecule has 2 N–H and O–H groups in total. The Balaban J connectivity index is 0.000000194. The van der Waals surface area contributed by atoms with Crippen molar-refractivity contribution in [2.24, 2.45) is 11.8 Å². The highest BCUT2D eigenvalue weighted by atomic mass is 19.4. The van der Waals surface area contributed by atoms with Crippen molar-refractivity contribution in [3.63, 3.8) is 0 Å². The van der Waals surface area contributed by atoms with Crippen LogP contribution in [0.15, 0.2) is 97.1 Å². The molecule has 4 saturated heterocycles. The molecule has 4 aromatic rings. The molecule has 6 fully saturated rings. The number of halogens is 12. The number of rotatable bonds is 14. The SMILES string of the molecule is C[C@@H](OC[C@@]1(c2ccccc2)CCC2(CN1)C(=O)CC(=O)N2CC1CC1)c1cc(C(F)(F)F)cc(C(F)(F)F)c1.C[C@@H](OC[C@@]1(c2ccccc2)CCC2(CN1)C(=O)CC(=O)N2CC1CC1)c1cc(C(F)(F)F)cc(C(F)(F)F)c1. The number of ketones is 2. The molecule has 4 aromatic carbocycles. The van der Waals surface area contributed by atoms with Crippen molar-refractivity contribution in [2.75, 3.05) is 39.4 Å². The quantitative estimate of drug-likeness (QED) is 0.0947. The molecule has 80 heavy (non-hydrogen) atoms. The predicted molar refractivity (Wildman–Crippen MR) is 266 cm³/mol. The number of likely N-dealkylation sites (tertiary alicyclic amines) is 2. The summed E-state index contributed by atoms with van der Waals surface area (Å²) >= 11 is 0. The number of nitrogens with one attached hydrogen (secondary N) is 2. The molecule has 4 aliphatic heterocycles. The van der Waals surface area contributed by atoms with Crippen LogP contribution in [0.1, 0.15) is 135 Å². The molecule has 22 heteroatoms. The van der Waals surface area contributed by atoms with Gasteiger partial charge in [-0.3, -0.25) is 19.2 Å². The zero-order valence-corrected chi connectivity index (χ0v) is 43.7. The van der Waals surface area contributed by atoms with Gasteiger partial charge < -0.3 is 29.9 Å². The highest BCUT2D eigenvalue weighted by Crippen LogP contribution is 2.47. The monoisotopic (exact) mass is 1140 g/mol. The van der Waals surface area contributed by atoms with Crippen LogP contribution in [0.3, 0.4) is 0 Å². The number of ether oxygens (including phenoxy) is 2. The lowest BCUT2D eigenvalue weighted by Crippen LogP contribution is -2.65. The van der Waals surface area contributed by atoms with Gasteiger partial charge in [-0.2, -0.15) is 52.7 Å². The zero-order valence-electron chi connectivity index (χ0n) is 43.7. The molecule has 0 bridgehead atoms. The van der Waals surface area contributed by atoms with Crippen molar-refractivity contribution in [3.8, 4) is 0 Å². The summed E-state index contributed by atoms with van der Waals surface area (Å²) in [6, 6.07) is 21.2. The van der Waals surface area contributed by atoms with Gasteiger partial charge in [0.05, 0.1) is 71.6 Å². The topological polar surface area (TPSA) is 117 Å². The number of hydrogen-bond donors (Lipinski definition) is 2. The lowest BCUT2D eigenvalue weighted by atomic mass is 9.75. The Morgan fingerprint density at radius 1 is 0.487 bits per heavy atom. The standard InChI is InChI=1S/2C29H30F6N2O3/c2*1-18(20-11-22(28(30,31)32)13-23(12-20)29(33,34)35)40-17-26(21-5-3-2-4-6-21)9-10-27(16-36-26)24(38)14-25(39)37(27)15-19-7-8-19/h2*2-6,11-13,18-19,36H,7-10,14-17H2,1H3/t2*18-,26-,27?/m11/s1. The molecule has 432 valence electrons. The van der Waals surface area contributed by atoms with E-state index < -0.39 is 81.3 Å². The first-order chi connectivity index (χ1) is 37.5. The number of piperidine rings is 2. The van der Waals surface area contributed by atoms with Gasteiger partial charge in [0.15, 0.2) is 11.6 Å². The number of carbonyl (C=O) groups is 4. The molecular formula is C58H60F12N4O6. The van der Waals surface area contributed by atoms with Crippen molar-refractivity contribution in [1.82, 2.24) is 20.4 Å². The number of hydrogen-bond acceptors (Lipinski definition) is 8. The average Bonchev–Trinajstić information content (AvgIpc) is 4.45. The molecule has 2 saturated carbocycles. The van der Waals surface area contributed by atoms with E-state index in [9.17, 15) is 71.9 Å². The van der Waals surface area contributed by atoms with Crippen LogP contribution < -0.4 is 10.6 Å². The predicted octanol–water partition coefficient (Wildman–Crippen LogP) is 12.1. The first-order valence-electron chi connectivity index (χ1n) is 26.6. The molecule has 10 rings (SSSR count). The van der Waals surface area contributed by atoms with Crippen molar-refractivity contribution in [2.45, 2.75) is 137 Å². The molecule has 10 nitrogen and oxygen atoms in total. The Morgan fingerprint density at radius 2 is 0.800 bits per heavy atom. The Labute approximate surface area is 453 Å². The van der Waals surface area contributed by atoms with Crippen molar-refractivity contribution in [1.29, 1.82) is 0 Å². The summed E-state index contributed by atoms with van der Waals surface area (Å²) in [4.78, 5) is 55.0. The van der Waals surface area contributed by atoms with Crippen molar-refractivity contribution >= 4 is 23.4 Å². The second-order valence-corrected chi connectivity index (χ2v) is 22.3. The number of carbonyl (C=O) groups excluding carboxylic acids is 4. The van der Waals surface area contributed by atoms with E-state index in [4.69, 9.17) is 9.47 Å². The molecule has 6 atom stereocenters. The maximum atomic E-state index is 13.4. The van der Waals surface area contributed by atoms with Crippen LogP contribution in [0.25, 0.3) is 0 Å². The minimum Gasteiger partial charge on any atom is -0.372 e. The third-order valence-corrected chi connectivity index (χ3v) is 16.9. The van der Waals surface area contributed by atoms with Gasteiger partial charge in [0, 0.05) is 26.2 Å². The minimum atomic E-state index is -4.96. The highest BCUT2D eigenvalue weighted by molar-refractivity contribution is 6.11. The summed E-state index contributed by atoms with van der Waals surface area (Å²) in [5.41, 5.74) is -8.14. The Bertz CT molecular complexity index is 2660. The molecule has 2 amide bonds. The van der Waals surface area contributed by atoms with Crippen LogP contribution in [0.4, 0.5) is 52.7 Å². The lowest BCUT2D eigenvalue weighted by Gasteiger charge is -2.49. The van der Waals surface area contributed by atoms with E-state index in [2.05, 4.69) is 10.6 Å². The van der Waals surface area contributed by atoms with E-state index >= 15 is 0 Å². The van der Waals surface area contributed by atoms with Gasteiger partial charge >= 0.3 is 24.7 Å². The van der Waals surface area contributed by atoms with E-state index in [1.165, 1.54) is 13.8 Å². The third kappa shape index (κ3) is 12.3. The van der Waals surface area contributed by atoms with Gasteiger partial charge in [0.2, 0.25) is 11.8 Å². The number of nitrogens with zero attached hydrogens (tertiary/aromatic N) is 2. The van der Waals surface area contributed by atoms with Crippen LogP contribution in [-0.2, 0) is 64.4 Å². The molecule has 2 spiro atoms. The average molecular weight is 1140 g/mol. The third-order valence-electron chi connectivity index (χ3n) is 16.9. The molecule has 6 aliphatic rings. The van der Waals surface area contributed by atoms with Gasteiger partial charge in [0.25, 0.3) is 0 Å². The molecule has 0 radical (unpaired) electrons. The Kier molecular flexibility index (Phi) is 16.0. The second-order valence-electron chi connectivity index (χ2n) is 22.3. The van der Waals surface area contributed by atoms with E-state index in [0.29, 0.717) is 74.9 Å². The van der Waals surface area contributed by atoms with Gasteiger partial charge in [-0.25, -0.2) is 0 Å².